The molecule has 2 heteroatoms. The van der Waals surface area contributed by atoms with Crippen LogP contribution in [0.15, 0.2) is 24.3 Å². The Morgan fingerprint density at radius 1 is 1.21 bits per heavy atom. The first-order valence-corrected chi connectivity index (χ1v) is 7.44. The molecule has 0 spiro atoms. The zero-order chi connectivity index (χ0) is 13.9. The molecule has 0 bridgehead atoms. The van der Waals surface area contributed by atoms with Gasteiger partial charge in [-0.3, -0.25) is 0 Å². The van der Waals surface area contributed by atoms with Crippen molar-refractivity contribution in [2.75, 3.05) is 14.1 Å². The molecule has 0 aliphatic heterocycles. The van der Waals surface area contributed by atoms with Crippen LogP contribution in [0, 0.1) is 5.41 Å². The van der Waals surface area contributed by atoms with Crippen LogP contribution in [-0.4, -0.2) is 25.0 Å². The zero-order valence-electron chi connectivity index (χ0n) is 12.9. The standard InChI is InChI=1S/C17H28N2/c1-17(2)11-7-10-16(17)18-12-14-8-5-6-9-15(14)13-19(3)4/h5-6,8-9,16,18H,7,10-13H2,1-4H3. The minimum atomic E-state index is 0.455. The Morgan fingerprint density at radius 3 is 2.47 bits per heavy atom. The van der Waals surface area contributed by atoms with E-state index in [4.69, 9.17) is 0 Å². The van der Waals surface area contributed by atoms with Crippen LogP contribution in [0.2, 0.25) is 0 Å². The largest absolute Gasteiger partial charge is 0.309 e. The van der Waals surface area contributed by atoms with Crippen molar-refractivity contribution < 1.29 is 0 Å². The molecule has 0 radical (unpaired) electrons. The van der Waals surface area contributed by atoms with Gasteiger partial charge in [0.1, 0.15) is 0 Å². The van der Waals surface area contributed by atoms with Crippen LogP contribution in [0.25, 0.3) is 0 Å². The van der Waals surface area contributed by atoms with Crippen molar-refractivity contribution in [3.05, 3.63) is 35.4 Å². The molecule has 1 aliphatic carbocycles. The summed E-state index contributed by atoms with van der Waals surface area (Å²) in [5.74, 6) is 0. The fraction of sp³-hybridized carbons (Fsp3) is 0.647. The molecule has 0 amide bonds. The maximum Gasteiger partial charge on any atom is 0.0230 e. The molecule has 2 nitrogen and oxygen atoms in total. The van der Waals surface area contributed by atoms with Gasteiger partial charge in [-0.25, -0.2) is 0 Å². The molecule has 19 heavy (non-hydrogen) atoms. The number of benzene rings is 1. The summed E-state index contributed by atoms with van der Waals surface area (Å²) in [5.41, 5.74) is 3.34. The molecule has 1 aliphatic rings. The van der Waals surface area contributed by atoms with Crippen molar-refractivity contribution >= 4 is 0 Å². The summed E-state index contributed by atoms with van der Waals surface area (Å²) < 4.78 is 0. The van der Waals surface area contributed by atoms with Crippen molar-refractivity contribution in [2.45, 2.75) is 52.2 Å². The molecule has 1 fully saturated rings. The fourth-order valence-corrected chi connectivity index (χ4v) is 3.16. The summed E-state index contributed by atoms with van der Waals surface area (Å²) in [6, 6.07) is 9.46. The van der Waals surface area contributed by atoms with Crippen molar-refractivity contribution in [1.29, 1.82) is 0 Å². The lowest BCUT2D eigenvalue weighted by molar-refractivity contribution is 0.282. The molecule has 1 atom stereocenters. The van der Waals surface area contributed by atoms with Crippen LogP contribution in [0.3, 0.4) is 0 Å². The highest BCUT2D eigenvalue weighted by molar-refractivity contribution is 5.27. The molecule has 1 unspecified atom stereocenters. The summed E-state index contributed by atoms with van der Waals surface area (Å²) in [7, 11) is 4.26. The molecular formula is C17H28N2. The monoisotopic (exact) mass is 260 g/mol. The van der Waals surface area contributed by atoms with E-state index in [0.29, 0.717) is 11.5 Å². The number of hydrogen-bond acceptors (Lipinski definition) is 2. The van der Waals surface area contributed by atoms with Crippen LogP contribution < -0.4 is 5.32 Å². The van der Waals surface area contributed by atoms with Gasteiger partial charge < -0.3 is 10.2 Å². The third-order valence-corrected chi connectivity index (χ3v) is 4.40. The second kappa shape index (κ2) is 6.06. The van der Waals surface area contributed by atoms with Crippen LogP contribution in [0.4, 0.5) is 0 Å². The Bertz CT molecular complexity index is 409. The highest BCUT2D eigenvalue weighted by Crippen LogP contribution is 2.37. The minimum Gasteiger partial charge on any atom is -0.309 e. The fourth-order valence-electron chi connectivity index (χ4n) is 3.16. The van der Waals surface area contributed by atoms with Crippen LogP contribution in [0.1, 0.15) is 44.2 Å². The van der Waals surface area contributed by atoms with E-state index >= 15 is 0 Å². The third-order valence-electron chi connectivity index (χ3n) is 4.40. The molecule has 1 aromatic carbocycles. The molecule has 1 aromatic rings. The van der Waals surface area contributed by atoms with Crippen molar-refractivity contribution in [1.82, 2.24) is 10.2 Å². The van der Waals surface area contributed by atoms with Gasteiger partial charge in [-0.05, 0) is 43.5 Å². The van der Waals surface area contributed by atoms with E-state index in [1.165, 1.54) is 30.4 Å². The van der Waals surface area contributed by atoms with Crippen LogP contribution in [-0.2, 0) is 13.1 Å². The summed E-state index contributed by atoms with van der Waals surface area (Å²) in [6.45, 7) is 6.80. The molecule has 0 saturated heterocycles. The van der Waals surface area contributed by atoms with Crippen molar-refractivity contribution in [3.8, 4) is 0 Å². The van der Waals surface area contributed by atoms with Gasteiger partial charge >= 0.3 is 0 Å². The Kier molecular flexibility index (Phi) is 4.64. The van der Waals surface area contributed by atoms with E-state index < -0.39 is 0 Å². The van der Waals surface area contributed by atoms with Gasteiger partial charge in [0.2, 0.25) is 0 Å². The lowest BCUT2D eigenvalue weighted by Crippen LogP contribution is -2.37. The SMILES string of the molecule is CN(C)Cc1ccccc1CNC1CCCC1(C)C. The van der Waals surface area contributed by atoms with Gasteiger partial charge in [-0.15, -0.1) is 0 Å². The molecule has 106 valence electrons. The first kappa shape index (κ1) is 14.5. The summed E-state index contributed by atoms with van der Waals surface area (Å²) in [6.07, 6.45) is 4.04. The highest BCUT2D eigenvalue weighted by atomic mass is 15.0. The van der Waals surface area contributed by atoms with Gasteiger partial charge in [0.15, 0.2) is 0 Å². The predicted molar refractivity (Wildman–Crippen MR) is 82.1 cm³/mol. The lowest BCUT2D eigenvalue weighted by atomic mass is 9.87. The summed E-state index contributed by atoms with van der Waals surface area (Å²) in [5, 5.41) is 3.78. The van der Waals surface area contributed by atoms with E-state index in [9.17, 15) is 0 Å². The summed E-state index contributed by atoms with van der Waals surface area (Å²) >= 11 is 0. The van der Waals surface area contributed by atoms with Crippen LogP contribution in [0.5, 0.6) is 0 Å². The molecule has 0 heterocycles. The number of nitrogens with one attached hydrogen (secondary N) is 1. The minimum absolute atomic E-state index is 0.455. The van der Waals surface area contributed by atoms with E-state index in [2.05, 4.69) is 62.4 Å². The Labute approximate surface area is 118 Å². The number of rotatable bonds is 5. The number of hydrogen-bond donors (Lipinski definition) is 1. The Morgan fingerprint density at radius 2 is 1.89 bits per heavy atom. The molecule has 2 rings (SSSR count). The lowest BCUT2D eigenvalue weighted by Gasteiger charge is -2.28. The average Bonchev–Trinajstić information content (AvgIpc) is 2.67. The Hall–Kier alpha value is -0.860. The Balaban J connectivity index is 1.99. The predicted octanol–water partition coefficient (Wildman–Crippen LogP) is 3.42. The molecular weight excluding hydrogens is 232 g/mol. The van der Waals surface area contributed by atoms with Crippen LogP contribution >= 0.6 is 0 Å². The topological polar surface area (TPSA) is 15.3 Å². The molecule has 1 saturated carbocycles. The first-order valence-electron chi connectivity index (χ1n) is 7.44. The molecule has 1 N–H and O–H groups in total. The maximum absolute atomic E-state index is 3.78. The van der Waals surface area contributed by atoms with Gasteiger partial charge in [0.05, 0.1) is 0 Å². The van der Waals surface area contributed by atoms with E-state index in [0.717, 1.165) is 13.1 Å². The van der Waals surface area contributed by atoms with E-state index in [-0.39, 0.29) is 0 Å². The quantitative estimate of drug-likeness (QED) is 0.872. The second-order valence-electron chi connectivity index (χ2n) is 6.82. The average molecular weight is 260 g/mol. The molecule has 0 aromatic heterocycles. The maximum atomic E-state index is 3.78. The van der Waals surface area contributed by atoms with Gasteiger partial charge in [-0.2, -0.15) is 0 Å². The first-order chi connectivity index (χ1) is 8.99. The zero-order valence-corrected chi connectivity index (χ0v) is 12.9. The van der Waals surface area contributed by atoms with Crippen molar-refractivity contribution in [2.24, 2.45) is 5.41 Å². The van der Waals surface area contributed by atoms with E-state index in [1.807, 2.05) is 0 Å². The number of nitrogens with zero attached hydrogens (tertiary/aromatic N) is 1. The smallest absolute Gasteiger partial charge is 0.0230 e. The van der Waals surface area contributed by atoms with Crippen molar-refractivity contribution in [3.63, 3.8) is 0 Å². The second-order valence-corrected chi connectivity index (χ2v) is 6.82. The van der Waals surface area contributed by atoms with Gasteiger partial charge in [-0.1, -0.05) is 44.5 Å². The third kappa shape index (κ3) is 3.80. The normalized spacial score (nSPS) is 22.1. The van der Waals surface area contributed by atoms with Gasteiger partial charge in [0, 0.05) is 19.1 Å². The highest BCUT2D eigenvalue weighted by Gasteiger charge is 2.33. The summed E-state index contributed by atoms with van der Waals surface area (Å²) in [4.78, 5) is 2.23. The van der Waals surface area contributed by atoms with E-state index in [1.54, 1.807) is 0 Å². The van der Waals surface area contributed by atoms with Gasteiger partial charge in [0.25, 0.3) is 0 Å².